The van der Waals surface area contributed by atoms with Crippen molar-refractivity contribution >= 4 is 0 Å². The van der Waals surface area contributed by atoms with Gasteiger partial charge in [-0.3, -0.25) is 0 Å². The maximum absolute atomic E-state index is 5.71. The quantitative estimate of drug-likeness (QED) is 0.731. The lowest BCUT2D eigenvalue weighted by molar-refractivity contribution is 0.0974. The number of likely N-dealkylation sites (N-methyl/N-ethyl adjacent to an activating group) is 1. The molecule has 1 aromatic carbocycles. The second kappa shape index (κ2) is 6.15. The van der Waals surface area contributed by atoms with E-state index in [0.717, 1.165) is 19.2 Å². The first kappa shape index (κ1) is 12.6. The van der Waals surface area contributed by atoms with Gasteiger partial charge in [0.1, 0.15) is 0 Å². The summed E-state index contributed by atoms with van der Waals surface area (Å²) >= 11 is 0. The van der Waals surface area contributed by atoms with E-state index in [2.05, 4.69) is 24.1 Å². The molecule has 1 fully saturated rings. The van der Waals surface area contributed by atoms with Gasteiger partial charge in [-0.05, 0) is 31.0 Å². The third-order valence-electron chi connectivity index (χ3n) is 3.35. The summed E-state index contributed by atoms with van der Waals surface area (Å²) in [7, 11) is 2.18. The van der Waals surface area contributed by atoms with Crippen LogP contribution in [0.5, 0.6) is 0 Å². The van der Waals surface area contributed by atoms with Crippen molar-refractivity contribution in [1.29, 1.82) is 0 Å². The number of nitrogens with zero attached hydrogens (tertiary/aromatic N) is 1. The molecular formula is C14H22N2O. The summed E-state index contributed by atoms with van der Waals surface area (Å²) in [6.45, 7) is 3.08. The Kier molecular flexibility index (Phi) is 4.54. The van der Waals surface area contributed by atoms with Crippen LogP contribution in [0.1, 0.15) is 24.0 Å². The fourth-order valence-electron chi connectivity index (χ4n) is 1.99. The first-order valence-corrected chi connectivity index (χ1v) is 6.36. The minimum absolute atomic E-state index is 0.585. The third kappa shape index (κ3) is 3.80. The van der Waals surface area contributed by atoms with Gasteiger partial charge in [-0.25, -0.2) is 0 Å². The zero-order chi connectivity index (χ0) is 12.1. The maximum atomic E-state index is 5.71. The van der Waals surface area contributed by atoms with Crippen LogP contribution in [-0.4, -0.2) is 31.1 Å². The summed E-state index contributed by atoms with van der Waals surface area (Å²) in [5, 5.41) is 0. The molecule has 0 radical (unpaired) electrons. The van der Waals surface area contributed by atoms with Gasteiger partial charge in [-0.2, -0.15) is 0 Å². The highest BCUT2D eigenvalue weighted by molar-refractivity contribution is 5.26. The van der Waals surface area contributed by atoms with Crippen molar-refractivity contribution in [1.82, 2.24) is 4.90 Å². The highest BCUT2D eigenvalue weighted by Gasteiger charge is 2.25. The van der Waals surface area contributed by atoms with E-state index in [0.29, 0.717) is 13.2 Å². The molecule has 3 heteroatoms. The zero-order valence-corrected chi connectivity index (χ0v) is 10.6. The average molecular weight is 234 g/mol. The van der Waals surface area contributed by atoms with E-state index in [1.165, 1.54) is 24.0 Å². The molecule has 1 aliphatic rings. The molecule has 2 rings (SSSR count). The minimum Gasteiger partial charge on any atom is -0.375 e. The van der Waals surface area contributed by atoms with Gasteiger partial charge >= 0.3 is 0 Å². The van der Waals surface area contributed by atoms with E-state index < -0.39 is 0 Å². The van der Waals surface area contributed by atoms with Crippen molar-refractivity contribution in [3.05, 3.63) is 35.4 Å². The smallest absolute Gasteiger partial charge is 0.0720 e. The zero-order valence-electron chi connectivity index (χ0n) is 10.6. The molecule has 0 heterocycles. The molecule has 0 atom stereocenters. The monoisotopic (exact) mass is 234 g/mol. The summed E-state index contributed by atoms with van der Waals surface area (Å²) < 4.78 is 5.71. The fourth-order valence-corrected chi connectivity index (χ4v) is 1.99. The third-order valence-corrected chi connectivity index (χ3v) is 3.35. The molecule has 0 aromatic heterocycles. The molecule has 94 valence electrons. The van der Waals surface area contributed by atoms with Gasteiger partial charge in [-0.15, -0.1) is 0 Å². The van der Waals surface area contributed by atoms with Crippen molar-refractivity contribution in [2.45, 2.75) is 32.0 Å². The van der Waals surface area contributed by atoms with Gasteiger partial charge in [-0.1, -0.05) is 24.3 Å². The number of rotatable bonds is 7. The largest absolute Gasteiger partial charge is 0.375 e. The summed E-state index contributed by atoms with van der Waals surface area (Å²) in [5.41, 5.74) is 8.08. The summed E-state index contributed by atoms with van der Waals surface area (Å²) in [4.78, 5) is 2.38. The molecule has 0 amide bonds. The van der Waals surface area contributed by atoms with Crippen LogP contribution in [0, 0.1) is 0 Å². The average Bonchev–Trinajstić information content (AvgIpc) is 3.19. The van der Waals surface area contributed by atoms with E-state index in [-0.39, 0.29) is 0 Å². The molecule has 0 saturated heterocycles. The van der Waals surface area contributed by atoms with Gasteiger partial charge in [0.15, 0.2) is 0 Å². The second-order valence-corrected chi connectivity index (χ2v) is 4.74. The number of hydrogen-bond acceptors (Lipinski definition) is 3. The molecule has 0 unspecified atom stereocenters. The van der Waals surface area contributed by atoms with Crippen LogP contribution in [0.2, 0.25) is 0 Å². The Bertz CT molecular complexity index is 350. The standard InChI is InChI=1S/C14H22N2O/c1-16(14-6-7-14)8-9-17-11-13-5-3-2-4-12(13)10-15/h2-5,14H,6-11,15H2,1H3. The van der Waals surface area contributed by atoms with Gasteiger partial charge in [0.2, 0.25) is 0 Å². The molecule has 1 saturated carbocycles. The van der Waals surface area contributed by atoms with E-state index >= 15 is 0 Å². The maximum Gasteiger partial charge on any atom is 0.0720 e. The lowest BCUT2D eigenvalue weighted by Crippen LogP contribution is -2.25. The van der Waals surface area contributed by atoms with Crippen LogP contribution in [0.4, 0.5) is 0 Å². The molecule has 17 heavy (non-hydrogen) atoms. The van der Waals surface area contributed by atoms with Crippen LogP contribution < -0.4 is 5.73 Å². The van der Waals surface area contributed by atoms with Gasteiger partial charge in [0.05, 0.1) is 13.2 Å². The Labute approximate surface area is 104 Å². The number of benzene rings is 1. The van der Waals surface area contributed by atoms with Crippen LogP contribution in [-0.2, 0) is 17.9 Å². The Morgan fingerprint density at radius 1 is 1.29 bits per heavy atom. The van der Waals surface area contributed by atoms with E-state index in [4.69, 9.17) is 10.5 Å². The Morgan fingerprint density at radius 3 is 2.65 bits per heavy atom. The number of nitrogens with two attached hydrogens (primary N) is 1. The Hall–Kier alpha value is -0.900. The number of hydrogen-bond donors (Lipinski definition) is 1. The molecule has 3 nitrogen and oxygen atoms in total. The highest BCUT2D eigenvalue weighted by Crippen LogP contribution is 2.24. The van der Waals surface area contributed by atoms with Crippen molar-refractivity contribution in [3.63, 3.8) is 0 Å². The van der Waals surface area contributed by atoms with Crippen LogP contribution in [0.15, 0.2) is 24.3 Å². The lowest BCUT2D eigenvalue weighted by atomic mass is 10.1. The van der Waals surface area contributed by atoms with E-state index in [1.54, 1.807) is 0 Å². The van der Waals surface area contributed by atoms with E-state index in [1.807, 2.05) is 12.1 Å². The SMILES string of the molecule is CN(CCOCc1ccccc1CN)C1CC1. The van der Waals surface area contributed by atoms with Gasteiger partial charge in [0, 0.05) is 19.1 Å². The molecule has 2 N–H and O–H groups in total. The molecule has 1 aromatic rings. The normalized spacial score (nSPS) is 15.5. The topological polar surface area (TPSA) is 38.5 Å². The predicted molar refractivity (Wildman–Crippen MR) is 69.6 cm³/mol. The predicted octanol–water partition coefficient (Wildman–Crippen LogP) is 1.76. The molecule has 0 bridgehead atoms. The second-order valence-electron chi connectivity index (χ2n) is 4.74. The molecular weight excluding hydrogens is 212 g/mol. The summed E-state index contributed by atoms with van der Waals surface area (Å²) in [6.07, 6.45) is 2.71. The van der Waals surface area contributed by atoms with E-state index in [9.17, 15) is 0 Å². The molecule has 0 spiro atoms. The molecule has 0 aliphatic heterocycles. The van der Waals surface area contributed by atoms with Crippen molar-refractivity contribution in [2.75, 3.05) is 20.2 Å². The lowest BCUT2D eigenvalue weighted by Gasteiger charge is -2.15. The van der Waals surface area contributed by atoms with Gasteiger partial charge in [0.25, 0.3) is 0 Å². The van der Waals surface area contributed by atoms with Gasteiger partial charge < -0.3 is 15.4 Å². The van der Waals surface area contributed by atoms with Crippen molar-refractivity contribution in [3.8, 4) is 0 Å². The Balaban J connectivity index is 1.70. The summed E-state index contributed by atoms with van der Waals surface area (Å²) in [6, 6.07) is 9.03. The number of ether oxygens (including phenoxy) is 1. The van der Waals surface area contributed by atoms with Crippen LogP contribution >= 0.6 is 0 Å². The van der Waals surface area contributed by atoms with Crippen LogP contribution in [0.25, 0.3) is 0 Å². The van der Waals surface area contributed by atoms with Crippen LogP contribution in [0.3, 0.4) is 0 Å². The van der Waals surface area contributed by atoms with Crippen molar-refractivity contribution < 1.29 is 4.74 Å². The first-order chi connectivity index (χ1) is 8.31. The minimum atomic E-state index is 0.585. The first-order valence-electron chi connectivity index (χ1n) is 6.36. The molecule has 1 aliphatic carbocycles. The Morgan fingerprint density at radius 2 is 2.00 bits per heavy atom. The van der Waals surface area contributed by atoms with Crippen molar-refractivity contribution in [2.24, 2.45) is 5.73 Å². The fraction of sp³-hybridized carbons (Fsp3) is 0.571. The summed E-state index contributed by atoms with van der Waals surface area (Å²) in [5.74, 6) is 0. The highest BCUT2D eigenvalue weighted by atomic mass is 16.5.